The first kappa shape index (κ1) is 16.6. The van der Waals surface area contributed by atoms with Gasteiger partial charge in [0.05, 0.1) is 9.60 Å². The smallest absolute Gasteiger partial charge is 0.136 e. The van der Waals surface area contributed by atoms with E-state index in [4.69, 9.17) is 12.6 Å². The molecule has 190 valence electrons. The molecule has 0 spiro atoms. The van der Waals surface area contributed by atoms with Crippen LogP contribution in [0.15, 0.2) is 150 Å². The van der Waals surface area contributed by atoms with Gasteiger partial charge < -0.3 is 4.42 Å². The van der Waals surface area contributed by atoms with E-state index < -0.39 is 12.1 Å². The van der Waals surface area contributed by atoms with Crippen molar-refractivity contribution in [2.75, 3.05) is 0 Å². The molecule has 41 heavy (non-hydrogen) atoms. The van der Waals surface area contributed by atoms with Gasteiger partial charge in [-0.1, -0.05) is 127 Å². The van der Waals surface area contributed by atoms with Gasteiger partial charge in [0.25, 0.3) is 0 Å². The second-order valence-electron chi connectivity index (χ2n) is 10.3. The highest BCUT2D eigenvalue weighted by molar-refractivity contribution is 6.28. The maximum atomic E-state index is 9.32. The van der Waals surface area contributed by atoms with Crippen LogP contribution in [-0.4, -0.2) is 0 Å². The Morgan fingerprint density at radius 3 is 1.66 bits per heavy atom. The highest BCUT2D eigenvalue weighted by Crippen LogP contribution is 2.48. The molecule has 1 heteroatoms. The van der Waals surface area contributed by atoms with Crippen LogP contribution in [0.1, 0.15) is 9.60 Å². The van der Waals surface area contributed by atoms with Crippen LogP contribution in [-0.2, 0) is 0 Å². The van der Waals surface area contributed by atoms with E-state index in [2.05, 4.69) is 54.6 Å². The molecule has 0 saturated heterocycles. The molecule has 0 atom stereocenters. The lowest BCUT2D eigenvalue weighted by Gasteiger charge is -2.20. The molecule has 1 aromatic heterocycles. The molecule has 0 N–H and O–H groups in total. The molecule has 0 saturated carbocycles. The number of fused-ring (bicyclic) bond motifs is 8. The summed E-state index contributed by atoms with van der Waals surface area (Å²) in [6, 6.07) is 32.5. The van der Waals surface area contributed by atoms with Gasteiger partial charge in [0.1, 0.15) is 11.2 Å². The summed E-state index contributed by atoms with van der Waals surface area (Å²) in [6.45, 7) is 0. The topological polar surface area (TPSA) is 13.1 Å². The molecule has 0 bridgehead atoms. The number of para-hydroxylation sites is 1. The van der Waals surface area contributed by atoms with Crippen molar-refractivity contribution in [1.82, 2.24) is 0 Å². The molecule has 1 heterocycles. The van der Waals surface area contributed by atoms with Gasteiger partial charge >= 0.3 is 0 Å². The lowest BCUT2D eigenvalue weighted by Crippen LogP contribution is -1.92. The van der Waals surface area contributed by atoms with Crippen molar-refractivity contribution in [2.45, 2.75) is 0 Å². The SMILES string of the molecule is [2H]c1c([2H])c([2H])c2c(oc3c([2H])c([2H])c([2H])c(-c4c5ccccc5c(-c5cc6ccccc6c6ccccc56)c5ccccc45)c32)c1[2H]. The third-order valence-electron chi connectivity index (χ3n) is 8.17. The first-order valence-electron chi connectivity index (χ1n) is 17.0. The molecule has 1 nitrogen and oxygen atoms in total. The molecule has 0 aliphatic carbocycles. The summed E-state index contributed by atoms with van der Waals surface area (Å²) in [5.41, 5.74) is 2.90. The summed E-state index contributed by atoms with van der Waals surface area (Å²) in [5.74, 6) is 0. The monoisotopic (exact) mass is 527 g/mol. The van der Waals surface area contributed by atoms with E-state index in [0.717, 1.165) is 54.2 Å². The van der Waals surface area contributed by atoms with E-state index in [-0.39, 0.29) is 52.2 Å². The van der Waals surface area contributed by atoms with E-state index in [1.807, 2.05) is 48.5 Å². The average molecular weight is 528 g/mol. The number of hydrogen-bond acceptors (Lipinski definition) is 1. The Morgan fingerprint density at radius 1 is 0.415 bits per heavy atom. The Kier molecular flexibility index (Phi) is 3.47. The van der Waals surface area contributed by atoms with Crippen LogP contribution >= 0.6 is 0 Å². The highest BCUT2D eigenvalue weighted by atomic mass is 16.3. The predicted octanol–water partition coefficient (Wildman–Crippen LogP) is 11.5. The third kappa shape index (κ3) is 3.18. The Morgan fingerprint density at radius 2 is 0.951 bits per heavy atom. The van der Waals surface area contributed by atoms with Crippen LogP contribution in [0, 0.1) is 0 Å². The second-order valence-corrected chi connectivity index (χ2v) is 10.3. The Labute approximate surface area is 246 Å². The van der Waals surface area contributed by atoms with Crippen molar-refractivity contribution in [3.8, 4) is 22.3 Å². The minimum atomic E-state index is -0.445. The lowest BCUT2D eigenvalue weighted by molar-refractivity contribution is 0.669. The third-order valence-corrected chi connectivity index (χ3v) is 8.17. The van der Waals surface area contributed by atoms with Gasteiger partial charge in [0.2, 0.25) is 0 Å². The quantitative estimate of drug-likeness (QED) is 0.161. The van der Waals surface area contributed by atoms with E-state index in [0.29, 0.717) is 11.1 Å². The van der Waals surface area contributed by atoms with Crippen molar-refractivity contribution in [3.63, 3.8) is 0 Å². The first-order chi connectivity index (χ1) is 23.3. The molecule has 0 aliphatic heterocycles. The van der Waals surface area contributed by atoms with Crippen molar-refractivity contribution in [2.24, 2.45) is 0 Å². The van der Waals surface area contributed by atoms with Crippen LogP contribution in [0.5, 0.6) is 0 Å². The van der Waals surface area contributed by atoms with Crippen molar-refractivity contribution >= 4 is 65.0 Å². The van der Waals surface area contributed by atoms with Gasteiger partial charge in [-0.15, -0.1) is 0 Å². The molecule has 0 fully saturated rings. The van der Waals surface area contributed by atoms with Gasteiger partial charge in [0, 0.05) is 10.8 Å². The van der Waals surface area contributed by atoms with Gasteiger partial charge in [-0.25, -0.2) is 0 Å². The van der Waals surface area contributed by atoms with E-state index >= 15 is 0 Å². The summed E-state index contributed by atoms with van der Waals surface area (Å²) >= 11 is 0. The Balaban J connectivity index is 1.53. The molecule has 0 radical (unpaired) electrons. The zero-order chi connectivity index (χ0) is 33.0. The zero-order valence-electron chi connectivity index (χ0n) is 28.7. The summed E-state index contributed by atoms with van der Waals surface area (Å²) in [6.07, 6.45) is 0. The van der Waals surface area contributed by atoms with E-state index in [1.165, 1.54) is 0 Å². The predicted molar refractivity (Wildman–Crippen MR) is 175 cm³/mol. The average Bonchev–Trinajstić information content (AvgIpc) is 3.52. The van der Waals surface area contributed by atoms with E-state index in [9.17, 15) is 1.37 Å². The fourth-order valence-corrected chi connectivity index (χ4v) is 6.50. The summed E-state index contributed by atoms with van der Waals surface area (Å²) in [4.78, 5) is 0. The molecule has 9 rings (SSSR count). The molecule has 8 aromatic carbocycles. The molecular weight excluding hydrogens is 496 g/mol. The molecular formula is C40H24O. The number of rotatable bonds is 2. The van der Waals surface area contributed by atoms with Crippen LogP contribution < -0.4 is 0 Å². The molecule has 0 unspecified atom stereocenters. The number of benzene rings is 8. The standard InChI is InChI=1S/C40H24O/c1-2-13-26-25(12-1)24-35(28-15-4-3-14-27(26)28)39-31-18-7-5-16-29(31)38(30-17-6-8-19-32(30)39)34-21-11-23-37-40(34)33-20-9-10-22-36(33)41-37/h1-24H/i9D,10D,11D,20D,21D,22D,23D. The fraction of sp³-hybridized carbons (Fsp3) is 0. The minimum absolute atomic E-state index is 0.0363. The van der Waals surface area contributed by atoms with Gasteiger partial charge in [-0.2, -0.15) is 0 Å². The molecule has 0 aliphatic rings. The lowest BCUT2D eigenvalue weighted by atomic mass is 9.83. The van der Waals surface area contributed by atoms with Crippen molar-refractivity contribution < 1.29 is 14.0 Å². The van der Waals surface area contributed by atoms with Crippen LogP contribution in [0.25, 0.3) is 87.3 Å². The van der Waals surface area contributed by atoms with Gasteiger partial charge in [0.15, 0.2) is 0 Å². The second kappa shape index (κ2) is 8.55. The Bertz CT molecular complexity index is 2810. The highest BCUT2D eigenvalue weighted by Gasteiger charge is 2.21. The van der Waals surface area contributed by atoms with Gasteiger partial charge in [-0.3, -0.25) is 0 Å². The maximum absolute atomic E-state index is 9.32. The Hall–Kier alpha value is -5.40. The van der Waals surface area contributed by atoms with Crippen LogP contribution in [0.2, 0.25) is 0 Å². The van der Waals surface area contributed by atoms with Gasteiger partial charge in [-0.05, 0) is 83.5 Å². The van der Waals surface area contributed by atoms with Crippen molar-refractivity contribution in [3.05, 3.63) is 145 Å². The molecule has 9 aromatic rings. The fourth-order valence-electron chi connectivity index (χ4n) is 6.50. The normalized spacial score (nSPS) is 14.3. The zero-order valence-corrected chi connectivity index (χ0v) is 21.7. The number of furan rings is 1. The maximum Gasteiger partial charge on any atom is 0.136 e. The summed E-state index contributed by atoms with van der Waals surface area (Å²) < 4.78 is 67.1. The largest absolute Gasteiger partial charge is 0.456 e. The molecule has 0 amide bonds. The minimum Gasteiger partial charge on any atom is -0.456 e. The number of hydrogen-bond donors (Lipinski definition) is 0. The summed E-state index contributed by atoms with van der Waals surface area (Å²) in [7, 11) is 0. The van der Waals surface area contributed by atoms with Crippen LogP contribution in [0.3, 0.4) is 0 Å². The van der Waals surface area contributed by atoms with E-state index in [1.54, 1.807) is 0 Å². The van der Waals surface area contributed by atoms with Crippen LogP contribution in [0.4, 0.5) is 0 Å². The summed E-state index contributed by atoms with van der Waals surface area (Å²) in [5, 5.41) is 8.34. The van der Waals surface area contributed by atoms with Crippen molar-refractivity contribution in [1.29, 1.82) is 0 Å². The first-order valence-corrected chi connectivity index (χ1v) is 13.5.